The van der Waals surface area contributed by atoms with Crippen LogP contribution >= 0.6 is 24.0 Å². The Morgan fingerprint density at radius 3 is 2.65 bits per heavy atom. The van der Waals surface area contributed by atoms with Crippen LogP contribution in [-0.2, 0) is 14.8 Å². The summed E-state index contributed by atoms with van der Waals surface area (Å²) in [6, 6.07) is 4.92. The molecule has 3 N–H and O–H groups in total. The molecule has 0 spiro atoms. The largest absolute Gasteiger partial charge is 0.385 e. The summed E-state index contributed by atoms with van der Waals surface area (Å²) < 4.78 is 32.1. The Labute approximate surface area is 201 Å². The molecule has 31 heavy (non-hydrogen) atoms. The lowest BCUT2D eigenvalue weighted by atomic mass is 10.3. The summed E-state index contributed by atoms with van der Waals surface area (Å²) >= 11 is 0. The monoisotopic (exact) mass is 572 g/mol. The number of nitro benzene ring substituents is 1. The summed E-state index contributed by atoms with van der Waals surface area (Å²) in [6.45, 7) is 6.08. The number of benzene rings is 1. The van der Waals surface area contributed by atoms with Gasteiger partial charge in [-0.1, -0.05) is 6.07 Å². The molecule has 0 heterocycles. The number of aliphatic imine (C=N–C) groups is 1. The third kappa shape index (κ3) is 12.2. The zero-order chi connectivity index (χ0) is 22.4. The molecule has 0 fully saturated rings. The van der Waals surface area contributed by atoms with Gasteiger partial charge in [0.25, 0.3) is 5.69 Å². The highest BCUT2D eigenvalue weighted by atomic mass is 127. The first-order chi connectivity index (χ1) is 14.3. The van der Waals surface area contributed by atoms with Crippen LogP contribution in [0.4, 0.5) is 5.69 Å². The van der Waals surface area contributed by atoms with Gasteiger partial charge in [-0.25, -0.2) is 13.1 Å². The molecule has 0 atom stereocenters. The molecule has 13 heteroatoms. The number of halogens is 1. The second-order valence-corrected chi connectivity index (χ2v) is 8.26. The van der Waals surface area contributed by atoms with E-state index in [9.17, 15) is 18.5 Å². The zero-order valence-corrected chi connectivity index (χ0v) is 21.3. The first-order valence-corrected chi connectivity index (χ1v) is 11.2. The quantitative estimate of drug-likeness (QED) is 0.0751. The van der Waals surface area contributed by atoms with E-state index in [2.05, 4.69) is 25.2 Å². The smallest absolute Gasteiger partial charge is 0.270 e. The van der Waals surface area contributed by atoms with Crippen molar-refractivity contribution in [1.82, 2.24) is 20.3 Å². The van der Waals surface area contributed by atoms with E-state index in [0.717, 1.165) is 32.2 Å². The number of hydrogen-bond acceptors (Lipinski definition) is 7. The molecule has 0 amide bonds. The van der Waals surface area contributed by atoms with Crippen molar-refractivity contribution in [2.24, 2.45) is 4.99 Å². The molecule has 0 aliphatic heterocycles. The van der Waals surface area contributed by atoms with Gasteiger partial charge in [-0.2, -0.15) is 0 Å². The van der Waals surface area contributed by atoms with Gasteiger partial charge in [0.05, 0.1) is 16.4 Å². The third-order valence-electron chi connectivity index (χ3n) is 4.03. The number of hydrogen-bond donors (Lipinski definition) is 3. The second-order valence-electron chi connectivity index (χ2n) is 6.49. The maximum Gasteiger partial charge on any atom is 0.270 e. The zero-order valence-electron chi connectivity index (χ0n) is 18.2. The standard InChI is InChI=1S/C18H32N6O5S.HI/c1-4-19-18(21-11-13-23(2)12-6-14-29-3)20-9-10-22-30(27,28)17-8-5-7-16(15-17)24(25)26;/h5,7-8,15,22H,4,6,9-14H2,1-3H3,(H2,19,20,21);1H. The Kier molecular flexibility index (Phi) is 15.3. The van der Waals surface area contributed by atoms with Crippen LogP contribution in [0.5, 0.6) is 0 Å². The third-order valence-corrected chi connectivity index (χ3v) is 5.49. The van der Waals surface area contributed by atoms with Gasteiger partial charge in [0.15, 0.2) is 5.96 Å². The fourth-order valence-electron chi connectivity index (χ4n) is 2.49. The van der Waals surface area contributed by atoms with Gasteiger partial charge in [0, 0.05) is 58.6 Å². The summed E-state index contributed by atoms with van der Waals surface area (Å²) in [5.74, 6) is 0.595. The van der Waals surface area contributed by atoms with Gasteiger partial charge in [-0.3, -0.25) is 15.1 Å². The topological polar surface area (TPSA) is 138 Å². The van der Waals surface area contributed by atoms with Crippen molar-refractivity contribution in [1.29, 1.82) is 0 Å². The van der Waals surface area contributed by atoms with E-state index in [1.165, 1.54) is 18.2 Å². The minimum absolute atomic E-state index is 0. The average molecular weight is 572 g/mol. The van der Waals surface area contributed by atoms with Gasteiger partial charge in [-0.05, 0) is 26.5 Å². The van der Waals surface area contributed by atoms with Crippen LogP contribution in [0, 0.1) is 10.1 Å². The molecule has 1 rings (SSSR count). The van der Waals surface area contributed by atoms with Gasteiger partial charge in [0.2, 0.25) is 10.0 Å². The Hall–Kier alpha value is -1.55. The number of ether oxygens (including phenoxy) is 1. The highest BCUT2D eigenvalue weighted by Crippen LogP contribution is 2.16. The summed E-state index contributed by atoms with van der Waals surface area (Å²) in [7, 11) is -0.130. The van der Waals surface area contributed by atoms with Gasteiger partial charge < -0.3 is 20.3 Å². The van der Waals surface area contributed by atoms with Crippen LogP contribution in [0.25, 0.3) is 0 Å². The number of nitro groups is 1. The number of guanidine groups is 1. The lowest BCUT2D eigenvalue weighted by Gasteiger charge is -2.18. The first-order valence-electron chi connectivity index (χ1n) is 9.74. The molecular weight excluding hydrogens is 539 g/mol. The maximum atomic E-state index is 12.3. The van der Waals surface area contributed by atoms with Crippen LogP contribution in [0.3, 0.4) is 0 Å². The molecule has 1 aromatic carbocycles. The number of nitrogens with one attached hydrogen (secondary N) is 3. The Morgan fingerprint density at radius 2 is 2.00 bits per heavy atom. The molecule has 0 radical (unpaired) electrons. The van der Waals surface area contributed by atoms with E-state index < -0.39 is 14.9 Å². The molecule has 0 aliphatic rings. The summed E-state index contributed by atoms with van der Waals surface area (Å²) in [5.41, 5.74) is -0.276. The van der Waals surface area contributed by atoms with Gasteiger partial charge >= 0.3 is 0 Å². The van der Waals surface area contributed by atoms with Gasteiger partial charge in [0.1, 0.15) is 0 Å². The minimum atomic E-state index is -3.85. The SMILES string of the molecule is CCNC(=NCCNS(=O)(=O)c1cccc([N+](=O)[O-])c1)NCCN(C)CCCOC.I. The normalized spacial score (nSPS) is 11.8. The number of nitrogens with zero attached hydrogens (tertiary/aromatic N) is 3. The molecule has 0 bridgehead atoms. The molecule has 11 nitrogen and oxygen atoms in total. The fraction of sp³-hybridized carbons (Fsp3) is 0.611. The Balaban J connectivity index is 0.00000900. The summed E-state index contributed by atoms with van der Waals surface area (Å²) in [6.07, 6.45) is 0.964. The second kappa shape index (κ2) is 16.1. The van der Waals surface area contributed by atoms with Crippen LogP contribution < -0.4 is 15.4 Å². The highest BCUT2D eigenvalue weighted by molar-refractivity contribution is 14.0. The maximum absolute atomic E-state index is 12.3. The molecule has 178 valence electrons. The van der Waals surface area contributed by atoms with Crippen LogP contribution in [0.15, 0.2) is 34.2 Å². The predicted molar refractivity (Wildman–Crippen MR) is 132 cm³/mol. The van der Waals surface area contributed by atoms with Crippen molar-refractivity contribution in [3.05, 3.63) is 34.4 Å². The minimum Gasteiger partial charge on any atom is -0.385 e. The molecule has 1 aromatic rings. The number of non-ortho nitro benzene ring substituents is 1. The van der Waals surface area contributed by atoms with Crippen LogP contribution in [-0.4, -0.2) is 84.2 Å². The van der Waals surface area contributed by atoms with Crippen molar-refractivity contribution in [3.63, 3.8) is 0 Å². The van der Waals surface area contributed by atoms with E-state index in [0.29, 0.717) is 19.0 Å². The Morgan fingerprint density at radius 1 is 1.26 bits per heavy atom. The highest BCUT2D eigenvalue weighted by Gasteiger charge is 2.16. The molecule has 0 aromatic heterocycles. The number of likely N-dealkylation sites (N-methyl/N-ethyl adjacent to an activating group) is 1. The van der Waals surface area contributed by atoms with Crippen molar-refractivity contribution < 1.29 is 18.1 Å². The van der Waals surface area contributed by atoms with E-state index >= 15 is 0 Å². The predicted octanol–water partition coefficient (Wildman–Crippen LogP) is 1.01. The van der Waals surface area contributed by atoms with Crippen molar-refractivity contribution in [2.75, 3.05) is 60.0 Å². The number of rotatable bonds is 14. The fourth-order valence-corrected chi connectivity index (χ4v) is 3.55. The molecule has 0 saturated heterocycles. The molecule has 0 unspecified atom stereocenters. The van der Waals surface area contributed by atoms with E-state index in [1.54, 1.807) is 7.11 Å². The van der Waals surface area contributed by atoms with Crippen molar-refractivity contribution in [2.45, 2.75) is 18.2 Å². The first kappa shape index (κ1) is 29.5. The van der Waals surface area contributed by atoms with Crippen molar-refractivity contribution in [3.8, 4) is 0 Å². The average Bonchev–Trinajstić information content (AvgIpc) is 2.71. The number of sulfonamides is 1. The number of methoxy groups -OCH3 is 1. The summed E-state index contributed by atoms with van der Waals surface area (Å²) in [5, 5.41) is 17.1. The van der Waals surface area contributed by atoms with Crippen LogP contribution in [0.1, 0.15) is 13.3 Å². The van der Waals surface area contributed by atoms with Gasteiger partial charge in [-0.15, -0.1) is 24.0 Å². The lowest BCUT2D eigenvalue weighted by molar-refractivity contribution is -0.385. The molecular formula is C18H33IN6O5S. The van der Waals surface area contributed by atoms with Crippen molar-refractivity contribution >= 4 is 45.6 Å². The van der Waals surface area contributed by atoms with E-state index in [1.807, 2.05) is 14.0 Å². The summed E-state index contributed by atoms with van der Waals surface area (Å²) in [4.78, 5) is 16.6. The van der Waals surface area contributed by atoms with Crippen LogP contribution in [0.2, 0.25) is 0 Å². The lowest BCUT2D eigenvalue weighted by Crippen LogP contribution is -2.41. The van der Waals surface area contributed by atoms with E-state index in [4.69, 9.17) is 4.74 Å². The van der Waals surface area contributed by atoms with E-state index in [-0.39, 0.29) is 47.6 Å². The molecule has 0 aliphatic carbocycles. The molecule has 0 saturated carbocycles. The Bertz CT molecular complexity index is 793.